The maximum absolute atomic E-state index is 14.5. The number of hydrogen-bond donors (Lipinski definition) is 1. The van der Waals surface area contributed by atoms with Crippen LogP contribution in [0.5, 0.6) is 0 Å². The van der Waals surface area contributed by atoms with Crippen LogP contribution < -0.4 is 4.90 Å². The van der Waals surface area contributed by atoms with Gasteiger partial charge in [-0.2, -0.15) is 5.26 Å². The highest BCUT2D eigenvalue weighted by molar-refractivity contribution is 9.10. The molecule has 0 unspecified atom stereocenters. The Morgan fingerprint density at radius 1 is 1.56 bits per heavy atom. The molecule has 9 heteroatoms. The molecule has 0 saturated carbocycles. The van der Waals surface area contributed by atoms with Crippen LogP contribution in [-0.2, 0) is 0 Å². The van der Waals surface area contributed by atoms with E-state index in [-0.39, 0.29) is 27.6 Å². The molecule has 0 aliphatic carbocycles. The van der Waals surface area contributed by atoms with Crippen LogP contribution in [0.3, 0.4) is 0 Å². The van der Waals surface area contributed by atoms with Gasteiger partial charge in [-0.3, -0.25) is 4.98 Å². The van der Waals surface area contributed by atoms with Gasteiger partial charge in [0.1, 0.15) is 11.6 Å². The quantitative estimate of drug-likeness (QED) is 0.699. The van der Waals surface area contributed by atoms with Crippen molar-refractivity contribution in [2.45, 2.75) is 13.0 Å². The van der Waals surface area contributed by atoms with Gasteiger partial charge in [-0.15, -0.1) is 0 Å². The zero-order chi connectivity index (χ0) is 18.3. The Labute approximate surface area is 156 Å². The summed E-state index contributed by atoms with van der Waals surface area (Å²) in [7, 11) is 0. The molecule has 1 N–H and O–H groups in total. The highest BCUT2D eigenvalue weighted by atomic mass is 79.9. The molecule has 1 saturated heterocycles. The summed E-state index contributed by atoms with van der Waals surface area (Å²) in [6.45, 7) is 2.85. The molecule has 3 rings (SSSR count). The minimum absolute atomic E-state index is 0.110. The molecular formula is C16H13BrClFN4O2. The number of anilines is 1. The van der Waals surface area contributed by atoms with Crippen molar-refractivity contribution < 1.29 is 14.3 Å². The van der Waals surface area contributed by atoms with Crippen molar-refractivity contribution in [2.24, 2.45) is 0 Å². The molecule has 1 atom stereocenters. The number of nitrogens with zero attached hydrogens (tertiary/aromatic N) is 4. The molecule has 1 aliphatic rings. The molecule has 130 valence electrons. The second-order valence-electron chi connectivity index (χ2n) is 5.79. The van der Waals surface area contributed by atoms with Gasteiger partial charge in [0, 0.05) is 37.3 Å². The third kappa shape index (κ3) is 2.98. The number of aromatic nitrogens is 1. The van der Waals surface area contributed by atoms with Crippen molar-refractivity contribution in [3.8, 4) is 6.07 Å². The number of halogens is 3. The number of piperazine rings is 1. The van der Waals surface area contributed by atoms with Gasteiger partial charge in [0.2, 0.25) is 0 Å². The summed E-state index contributed by atoms with van der Waals surface area (Å²) in [5.41, 5.74) is 0.928. The minimum atomic E-state index is -0.981. The van der Waals surface area contributed by atoms with Gasteiger partial charge in [0.25, 0.3) is 0 Å². The van der Waals surface area contributed by atoms with Crippen LogP contribution >= 0.6 is 27.5 Å². The average molecular weight is 428 g/mol. The predicted octanol–water partition coefficient (Wildman–Crippen LogP) is 3.85. The van der Waals surface area contributed by atoms with E-state index in [0.717, 1.165) is 0 Å². The van der Waals surface area contributed by atoms with Crippen LogP contribution in [0.25, 0.3) is 10.9 Å². The maximum Gasteiger partial charge on any atom is 0.407 e. The lowest BCUT2D eigenvalue weighted by Crippen LogP contribution is -2.54. The van der Waals surface area contributed by atoms with Gasteiger partial charge in [-0.1, -0.05) is 11.6 Å². The molecule has 1 amide bonds. The number of hydrogen-bond acceptors (Lipinski definition) is 4. The standard InChI is InChI=1S/C16H13BrClFN4O2/c1-8-7-22(2-3-23(8)16(24)25)15-9(5-20)6-21-14-10(15)4-11(18)12(17)13(14)19/h4,6,8H,2-3,7H2,1H3,(H,24,25)/t8-/m1/s1. The van der Waals surface area contributed by atoms with Gasteiger partial charge >= 0.3 is 6.09 Å². The van der Waals surface area contributed by atoms with Crippen molar-refractivity contribution in [3.63, 3.8) is 0 Å². The Kier molecular flexibility index (Phi) is 4.71. The lowest BCUT2D eigenvalue weighted by atomic mass is 10.1. The van der Waals surface area contributed by atoms with Crippen LogP contribution in [0.4, 0.5) is 14.9 Å². The first-order valence-corrected chi connectivity index (χ1v) is 8.63. The zero-order valence-corrected chi connectivity index (χ0v) is 15.5. The molecule has 0 spiro atoms. The van der Waals surface area contributed by atoms with Gasteiger partial charge in [0.05, 0.1) is 20.7 Å². The lowest BCUT2D eigenvalue weighted by molar-refractivity contribution is 0.123. The van der Waals surface area contributed by atoms with Crippen LogP contribution in [-0.4, -0.2) is 46.8 Å². The molecule has 1 fully saturated rings. The first kappa shape index (κ1) is 17.7. The summed E-state index contributed by atoms with van der Waals surface area (Å²) in [5, 5.41) is 19.3. The second kappa shape index (κ2) is 6.65. The number of nitriles is 1. The van der Waals surface area contributed by atoms with Gasteiger partial charge < -0.3 is 14.9 Å². The van der Waals surface area contributed by atoms with Crippen LogP contribution in [0.2, 0.25) is 5.02 Å². The molecule has 6 nitrogen and oxygen atoms in total. The largest absolute Gasteiger partial charge is 0.465 e. The van der Waals surface area contributed by atoms with Crippen LogP contribution in [0.15, 0.2) is 16.7 Å². The average Bonchev–Trinajstić information content (AvgIpc) is 2.58. The fourth-order valence-corrected chi connectivity index (χ4v) is 3.59. The maximum atomic E-state index is 14.5. The molecule has 25 heavy (non-hydrogen) atoms. The molecule has 2 aromatic rings. The van der Waals surface area contributed by atoms with E-state index in [2.05, 4.69) is 27.0 Å². The number of fused-ring (bicyclic) bond motifs is 1. The SMILES string of the molecule is C[C@@H]1CN(c2c(C#N)cnc3c(F)c(Br)c(Cl)cc23)CCN1C(=O)O. The van der Waals surface area contributed by atoms with Crippen molar-refractivity contribution in [1.82, 2.24) is 9.88 Å². The molecule has 1 aromatic heterocycles. The van der Waals surface area contributed by atoms with E-state index in [1.807, 2.05) is 4.90 Å². The summed E-state index contributed by atoms with van der Waals surface area (Å²) < 4.78 is 14.6. The summed E-state index contributed by atoms with van der Waals surface area (Å²) in [6.07, 6.45) is 0.347. The Morgan fingerprint density at radius 3 is 2.88 bits per heavy atom. The van der Waals surface area contributed by atoms with E-state index in [9.17, 15) is 19.6 Å². The highest BCUT2D eigenvalue weighted by Crippen LogP contribution is 2.37. The molecule has 1 aliphatic heterocycles. The Bertz CT molecular complexity index is 917. The fraction of sp³-hybridized carbons (Fsp3) is 0.312. The third-order valence-electron chi connectivity index (χ3n) is 4.28. The van der Waals surface area contributed by atoms with E-state index in [4.69, 9.17) is 11.6 Å². The Morgan fingerprint density at radius 2 is 2.28 bits per heavy atom. The van der Waals surface area contributed by atoms with E-state index in [1.165, 1.54) is 11.1 Å². The number of carboxylic acid groups (broad SMARTS) is 1. The van der Waals surface area contributed by atoms with Crippen molar-refractivity contribution >= 4 is 50.2 Å². The van der Waals surface area contributed by atoms with E-state index in [0.29, 0.717) is 29.7 Å². The summed E-state index contributed by atoms with van der Waals surface area (Å²) in [5.74, 6) is -0.592. The molecule has 1 aromatic carbocycles. The Hall–Kier alpha value is -2.11. The molecule has 0 bridgehead atoms. The molecule has 0 radical (unpaired) electrons. The van der Waals surface area contributed by atoms with Crippen molar-refractivity contribution in [2.75, 3.05) is 24.5 Å². The number of rotatable bonds is 1. The van der Waals surface area contributed by atoms with Gasteiger partial charge in [-0.05, 0) is 28.9 Å². The van der Waals surface area contributed by atoms with Crippen molar-refractivity contribution in [1.29, 1.82) is 5.26 Å². The first-order valence-electron chi connectivity index (χ1n) is 7.46. The second-order valence-corrected chi connectivity index (χ2v) is 6.99. The zero-order valence-electron chi connectivity index (χ0n) is 13.1. The summed E-state index contributed by atoms with van der Waals surface area (Å²) >= 11 is 9.18. The smallest absolute Gasteiger partial charge is 0.407 e. The highest BCUT2D eigenvalue weighted by Gasteiger charge is 2.30. The number of benzene rings is 1. The molecular weight excluding hydrogens is 415 g/mol. The fourth-order valence-electron chi connectivity index (χ4n) is 3.09. The third-order valence-corrected chi connectivity index (χ3v) is 5.58. The van der Waals surface area contributed by atoms with Crippen LogP contribution in [0, 0.1) is 17.1 Å². The lowest BCUT2D eigenvalue weighted by Gasteiger charge is -2.40. The number of pyridine rings is 1. The van der Waals surface area contributed by atoms with Crippen molar-refractivity contribution in [3.05, 3.63) is 33.1 Å². The Balaban J connectivity index is 2.15. The number of carbonyl (C=O) groups is 1. The number of amides is 1. The monoisotopic (exact) mass is 426 g/mol. The van der Waals surface area contributed by atoms with E-state index >= 15 is 0 Å². The van der Waals surface area contributed by atoms with Gasteiger partial charge in [-0.25, -0.2) is 9.18 Å². The van der Waals surface area contributed by atoms with E-state index in [1.54, 1.807) is 13.0 Å². The topological polar surface area (TPSA) is 80.5 Å². The summed E-state index contributed by atoms with van der Waals surface area (Å²) in [4.78, 5) is 18.5. The minimum Gasteiger partial charge on any atom is -0.465 e. The normalized spacial score (nSPS) is 17.6. The van der Waals surface area contributed by atoms with E-state index < -0.39 is 11.9 Å². The predicted molar refractivity (Wildman–Crippen MR) is 95.5 cm³/mol. The van der Waals surface area contributed by atoms with Crippen LogP contribution in [0.1, 0.15) is 12.5 Å². The summed E-state index contributed by atoms with van der Waals surface area (Å²) in [6, 6.07) is 3.38. The molecule has 2 heterocycles. The van der Waals surface area contributed by atoms with Gasteiger partial charge in [0.15, 0.2) is 5.82 Å². The first-order chi connectivity index (χ1) is 11.8.